The molecule has 1 amide bonds. The third-order valence-electron chi connectivity index (χ3n) is 7.19. The van der Waals surface area contributed by atoms with Gasteiger partial charge in [-0.1, -0.05) is 86.1 Å². The van der Waals surface area contributed by atoms with Crippen LogP contribution in [-0.4, -0.2) is 41.8 Å². The molecule has 0 radical (unpaired) electrons. The third-order valence-corrected chi connectivity index (χ3v) is 7.19. The lowest BCUT2D eigenvalue weighted by Crippen LogP contribution is -2.37. The lowest BCUT2D eigenvalue weighted by molar-refractivity contribution is -0.120. The summed E-state index contributed by atoms with van der Waals surface area (Å²) in [5.41, 5.74) is 5.02. The van der Waals surface area contributed by atoms with Crippen molar-refractivity contribution >= 4 is 22.6 Å². The fraction of sp³-hybridized carbons (Fsp3) is 0.303. The number of para-hydroxylation sites is 1. The smallest absolute Gasteiger partial charge is 0.343 e. The Hall–Kier alpha value is -4.23. The van der Waals surface area contributed by atoms with E-state index in [-0.39, 0.29) is 29.6 Å². The quantitative estimate of drug-likeness (QED) is 0.137. The lowest BCUT2D eigenvalue weighted by atomic mass is 9.78. The molecule has 3 aromatic carbocycles. The van der Waals surface area contributed by atoms with Crippen molar-refractivity contribution in [1.82, 2.24) is 10.3 Å². The van der Waals surface area contributed by atoms with Gasteiger partial charge in [-0.2, -0.15) is 5.10 Å². The molecule has 4 aromatic rings. The molecule has 0 bridgehead atoms. The summed E-state index contributed by atoms with van der Waals surface area (Å²) in [7, 11) is 2.04. The van der Waals surface area contributed by atoms with Crippen molar-refractivity contribution in [3.05, 3.63) is 112 Å². The van der Waals surface area contributed by atoms with Gasteiger partial charge in [-0.25, -0.2) is 10.2 Å². The van der Waals surface area contributed by atoms with Gasteiger partial charge in [0.15, 0.2) is 0 Å². The van der Waals surface area contributed by atoms with Gasteiger partial charge in [-0.15, -0.1) is 0 Å². The van der Waals surface area contributed by atoms with Crippen LogP contribution in [0.3, 0.4) is 0 Å². The number of rotatable bonds is 12. The summed E-state index contributed by atoms with van der Waals surface area (Å²) in [6.07, 6.45) is 2.28. The first kappa shape index (κ1) is 28.8. The summed E-state index contributed by atoms with van der Waals surface area (Å²) in [4.78, 5) is 28.4. The van der Waals surface area contributed by atoms with Crippen LogP contribution in [0.25, 0.3) is 11.0 Å². The number of amides is 1. The summed E-state index contributed by atoms with van der Waals surface area (Å²) in [6, 6.07) is 26.1. The van der Waals surface area contributed by atoms with Crippen LogP contribution in [-0.2, 0) is 11.2 Å². The number of nitrogens with zero attached hydrogens (tertiary/aromatic N) is 2. The van der Waals surface area contributed by atoms with E-state index in [9.17, 15) is 14.7 Å². The molecular weight excluding hydrogens is 502 g/mol. The molecule has 7 nitrogen and oxygen atoms in total. The minimum atomic E-state index is -0.591. The van der Waals surface area contributed by atoms with Gasteiger partial charge in [0, 0.05) is 24.1 Å². The number of nitrogens with one attached hydrogen (secondary N) is 1. The van der Waals surface area contributed by atoms with Crippen LogP contribution in [0.15, 0.2) is 99.2 Å². The van der Waals surface area contributed by atoms with Crippen LogP contribution in [0.5, 0.6) is 5.75 Å². The van der Waals surface area contributed by atoms with E-state index < -0.39 is 11.5 Å². The molecular formula is C33H37N3O4. The van der Waals surface area contributed by atoms with E-state index in [1.54, 1.807) is 24.3 Å². The minimum absolute atomic E-state index is 0.0946. The zero-order chi connectivity index (χ0) is 28.5. The molecule has 0 spiro atoms. The Morgan fingerprint density at radius 2 is 1.65 bits per heavy atom. The first-order valence-corrected chi connectivity index (χ1v) is 13.7. The zero-order valence-electron chi connectivity index (χ0n) is 23.3. The molecule has 0 fully saturated rings. The molecule has 1 heterocycles. The molecule has 0 saturated carbocycles. The predicted molar refractivity (Wildman–Crippen MR) is 160 cm³/mol. The summed E-state index contributed by atoms with van der Waals surface area (Å²) in [6.45, 7) is 5.41. The van der Waals surface area contributed by atoms with Gasteiger partial charge in [0.1, 0.15) is 11.3 Å². The van der Waals surface area contributed by atoms with E-state index in [0.29, 0.717) is 23.2 Å². The second-order valence-electron chi connectivity index (χ2n) is 10.2. The average Bonchev–Trinajstić information content (AvgIpc) is 2.97. The number of hydrogen-bond donors (Lipinski definition) is 2. The Bertz CT molecular complexity index is 1500. The molecule has 7 heteroatoms. The first-order chi connectivity index (χ1) is 19.4. The molecule has 208 valence electrons. The standard InChI is InChI=1S/C33H37N3O4/c1-4-5-20-36(3)22-27(23(2)34-35-29(37)21-24-14-8-6-9-15-24)30(25-16-10-7-11-17-25)31-32(38)26-18-12-13-19-28(26)40-33(31)39/h6-19,27,30,38H,4-5,20-22H2,1-3H3,(H,35,37). The van der Waals surface area contributed by atoms with Crippen LogP contribution in [0, 0.1) is 5.92 Å². The molecule has 4 rings (SSSR count). The molecule has 0 saturated heterocycles. The van der Waals surface area contributed by atoms with Crippen LogP contribution in [0.4, 0.5) is 0 Å². The molecule has 40 heavy (non-hydrogen) atoms. The number of carbonyl (C=O) groups excluding carboxylic acids is 1. The number of unbranched alkanes of at least 4 members (excludes halogenated alkanes) is 1. The van der Waals surface area contributed by atoms with Gasteiger partial charge < -0.3 is 14.4 Å². The molecule has 1 aromatic heterocycles. The van der Waals surface area contributed by atoms with Crippen molar-refractivity contribution in [2.75, 3.05) is 20.1 Å². The van der Waals surface area contributed by atoms with Crippen LogP contribution in [0.1, 0.15) is 49.3 Å². The number of carbonyl (C=O) groups is 1. The maximum Gasteiger partial charge on any atom is 0.343 e. The molecule has 2 atom stereocenters. The maximum atomic E-state index is 13.5. The first-order valence-electron chi connectivity index (χ1n) is 13.7. The van der Waals surface area contributed by atoms with Crippen molar-refractivity contribution in [3.63, 3.8) is 0 Å². The van der Waals surface area contributed by atoms with Gasteiger partial charge >= 0.3 is 5.63 Å². The number of hydrogen-bond acceptors (Lipinski definition) is 6. The number of hydrazone groups is 1. The fourth-order valence-electron chi connectivity index (χ4n) is 5.07. The second-order valence-corrected chi connectivity index (χ2v) is 10.2. The zero-order valence-corrected chi connectivity index (χ0v) is 23.3. The van der Waals surface area contributed by atoms with Crippen molar-refractivity contribution in [3.8, 4) is 5.75 Å². The molecule has 0 aliphatic carbocycles. The summed E-state index contributed by atoms with van der Waals surface area (Å²) in [5.74, 6) is -1.24. The van der Waals surface area contributed by atoms with E-state index in [1.807, 2.05) is 74.6 Å². The number of fused-ring (bicyclic) bond motifs is 1. The van der Waals surface area contributed by atoms with E-state index in [2.05, 4.69) is 22.4 Å². The highest BCUT2D eigenvalue weighted by molar-refractivity contribution is 5.89. The fourth-order valence-corrected chi connectivity index (χ4v) is 5.07. The van der Waals surface area contributed by atoms with Crippen molar-refractivity contribution in [1.29, 1.82) is 0 Å². The Kier molecular flexibility index (Phi) is 9.86. The van der Waals surface area contributed by atoms with Crippen LogP contribution < -0.4 is 11.1 Å². The SMILES string of the molecule is CCCCN(C)CC(C(C)=NNC(=O)Cc1ccccc1)C(c1ccccc1)c1c(O)c2ccccc2oc1=O. The molecule has 0 aliphatic rings. The Morgan fingerprint density at radius 1 is 1.00 bits per heavy atom. The largest absolute Gasteiger partial charge is 0.507 e. The second kappa shape index (κ2) is 13.7. The number of benzene rings is 3. The normalized spacial score (nSPS) is 13.3. The van der Waals surface area contributed by atoms with Crippen molar-refractivity contribution in [2.45, 2.75) is 39.0 Å². The van der Waals surface area contributed by atoms with Crippen LogP contribution >= 0.6 is 0 Å². The van der Waals surface area contributed by atoms with Gasteiger partial charge in [-0.3, -0.25) is 4.79 Å². The van der Waals surface area contributed by atoms with Crippen LogP contribution in [0.2, 0.25) is 0 Å². The summed E-state index contributed by atoms with van der Waals surface area (Å²) < 4.78 is 5.70. The van der Waals surface area contributed by atoms with E-state index >= 15 is 0 Å². The monoisotopic (exact) mass is 539 g/mol. The Morgan fingerprint density at radius 3 is 2.35 bits per heavy atom. The highest BCUT2D eigenvalue weighted by Crippen LogP contribution is 2.39. The maximum absolute atomic E-state index is 13.5. The van der Waals surface area contributed by atoms with Crippen molar-refractivity contribution < 1.29 is 14.3 Å². The average molecular weight is 540 g/mol. The van der Waals surface area contributed by atoms with Crippen molar-refractivity contribution in [2.24, 2.45) is 11.0 Å². The summed E-state index contributed by atoms with van der Waals surface area (Å²) in [5, 5.41) is 16.5. The highest BCUT2D eigenvalue weighted by atomic mass is 16.4. The summed E-state index contributed by atoms with van der Waals surface area (Å²) >= 11 is 0. The molecule has 2 unspecified atom stereocenters. The molecule has 2 N–H and O–H groups in total. The topological polar surface area (TPSA) is 95.1 Å². The van der Waals surface area contributed by atoms with E-state index in [1.165, 1.54) is 0 Å². The van der Waals surface area contributed by atoms with Gasteiger partial charge in [0.2, 0.25) is 5.91 Å². The minimum Gasteiger partial charge on any atom is -0.507 e. The number of aromatic hydroxyl groups is 1. The third kappa shape index (κ3) is 7.04. The Labute approximate surface area is 235 Å². The van der Waals surface area contributed by atoms with Gasteiger partial charge in [0.25, 0.3) is 0 Å². The Balaban J connectivity index is 1.78. The lowest BCUT2D eigenvalue weighted by Gasteiger charge is -2.31. The predicted octanol–water partition coefficient (Wildman–Crippen LogP) is 5.71. The molecule has 0 aliphatic heterocycles. The highest BCUT2D eigenvalue weighted by Gasteiger charge is 2.34. The van der Waals surface area contributed by atoms with E-state index in [0.717, 1.165) is 30.5 Å². The van der Waals surface area contributed by atoms with Gasteiger partial charge in [0.05, 0.1) is 17.4 Å². The van der Waals surface area contributed by atoms with Gasteiger partial charge in [-0.05, 0) is 50.2 Å². The van der Waals surface area contributed by atoms with E-state index in [4.69, 9.17) is 4.42 Å².